The maximum Gasteiger partial charge on any atom is 0.258 e. The Hall–Kier alpha value is -3.46. The molecule has 0 fully saturated rings. The third kappa shape index (κ3) is 4.57. The summed E-state index contributed by atoms with van der Waals surface area (Å²) in [6.45, 7) is -0.0312. The van der Waals surface area contributed by atoms with Crippen LogP contribution in [0.2, 0.25) is 0 Å². The Morgan fingerprint density at radius 2 is 2.06 bits per heavy atom. The molecule has 1 aliphatic heterocycles. The van der Waals surface area contributed by atoms with Gasteiger partial charge in [-0.2, -0.15) is 0 Å². The standard InChI is InChI=1S/C22H22ClN5O4/c1-28-7-6-13-4-3-5-16(23)20(13)27-22-15-8-14(32-11-18(29)24-10-19(28)30)9-17(31-2)21(15)25-12-26-22/h5-6,8-9,12H,3-4,7,10-11H2,1-2H3,(H,24,29)/b13-6-,27-20+. The number of hydrogen-bond donors (Lipinski definition) is 1. The summed E-state index contributed by atoms with van der Waals surface area (Å²) in [5, 5.41) is 3.70. The van der Waals surface area contributed by atoms with Crippen LogP contribution < -0.4 is 14.8 Å². The predicted molar refractivity (Wildman–Crippen MR) is 121 cm³/mol. The molecule has 0 saturated heterocycles. The van der Waals surface area contributed by atoms with Gasteiger partial charge in [0.25, 0.3) is 5.91 Å². The zero-order valence-electron chi connectivity index (χ0n) is 17.7. The SMILES string of the molecule is COc1cc2cc3c(ncnc13)/N=C1/C(Cl)=CCC/C1=C/CN(C)C(=O)CNC(=O)CO2. The number of hydrogen-bond acceptors (Lipinski definition) is 7. The number of ether oxygens (including phenoxy) is 2. The molecular formula is C22H22ClN5O4. The monoisotopic (exact) mass is 455 g/mol. The van der Waals surface area contributed by atoms with Gasteiger partial charge in [0.15, 0.2) is 12.4 Å². The lowest BCUT2D eigenvalue weighted by Gasteiger charge is -2.19. The van der Waals surface area contributed by atoms with E-state index in [0.29, 0.717) is 45.5 Å². The number of carbonyl (C=O) groups is 2. The number of nitrogens with zero attached hydrogens (tertiary/aromatic N) is 4. The van der Waals surface area contributed by atoms with Crippen molar-refractivity contribution in [2.45, 2.75) is 12.8 Å². The van der Waals surface area contributed by atoms with Gasteiger partial charge in [-0.05, 0) is 24.5 Å². The lowest BCUT2D eigenvalue weighted by atomic mass is 9.98. The Labute approximate surface area is 189 Å². The van der Waals surface area contributed by atoms with Crippen LogP contribution in [0.3, 0.4) is 0 Å². The van der Waals surface area contributed by atoms with Crippen LogP contribution >= 0.6 is 11.6 Å². The molecule has 2 aromatic rings. The van der Waals surface area contributed by atoms with Crippen molar-refractivity contribution in [2.75, 3.05) is 33.9 Å². The average Bonchev–Trinajstić information content (AvgIpc) is 2.80. The van der Waals surface area contributed by atoms with Gasteiger partial charge >= 0.3 is 0 Å². The van der Waals surface area contributed by atoms with Gasteiger partial charge in [-0.15, -0.1) is 0 Å². The van der Waals surface area contributed by atoms with E-state index in [1.165, 1.54) is 18.3 Å². The van der Waals surface area contributed by atoms with Crippen molar-refractivity contribution in [1.82, 2.24) is 20.2 Å². The zero-order chi connectivity index (χ0) is 22.7. The Morgan fingerprint density at radius 3 is 2.88 bits per heavy atom. The number of benzene rings is 1. The highest BCUT2D eigenvalue weighted by Gasteiger charge is 2.19. The molecule has 1 aromatic carbocycles. The number of allylic oxidation sites excluding steroid dienone is 3. The van der Waals surface area contributed by atoms with E-state index in [1.807, 2.05) is 12.2 Å². The number of rotatable bonds is 1. The third-order valence-electron chi connectivity index (χ3n) is 5.21. The quantitative estimate of drug-likeness (QED) is 0.708. The van der Waals surface area contributed by atoms with E-state index in [9.17, 15) is 9.59 Å². The van der Waals surface area contributed by atoms with E-state index in [-0.39, 0.29) is 19.1 Å². The molecule has 2 bridgehead atoms. The number of halogens is 1. The van der Waals surface area contributed by atoms with E-state index >= 15 is 0 Å². The van der Waals surface area contributed by atoms with Gasteiger partial charge in [0.1, 0.15) is 23.3 Å². The minimum Gasteiger partial charge on any atom is -0.494 e. The first-order valence-corrected chi connectivity index (χ1v) is 10.4. The Bertz CT molecular complexity index is 1170. The second kappa shape index (κ2) is 9.35. The summed E-state index contributed by atoms with van der Waals surface area (Å²) >= 11 is 6.52. The number of methoxy groups -OCH3 is 1. The summed E-state index contributed by atoms with van der Waals surface area (Å²) in [7, 11) is 3.20. The molecule has 2 heterocycles. The summed E-state index contributed by atoms with van der Waals surface area (Å²) < 4.78 is 11.1. The molecule has 1 aliphatic carbocycles. The Morgan fingerprint density at radius 1 is 1.22 bits per heavy atom. The molecule has 0 spiro atoms. The molecule has 9 nitrogen and oxygen atoms in total. The summed E-state index contributed by atoms with van der Waals surface area (Å²) in [4.78, 5) is 39.5. The summed E-state index contributed by atoms with van der Waals surface area (Å²) in [6, 6.07) is 3.35. The van der Waals surface area contributed by atoms with Gasteiger partial charge in [0.05, 0.1) is 29.8 Å². The highest BCUT2D eigenvalue weighted by molar-refractivity contribution is 6.46. The van der Waals surface area contributed by atoms with Crippen molar-refractivity contribution < 1.29 is 19.1 Å². The van der Waals surface area contributed by atoms with E-state index in [0.717, 1.165) is 18.4 Å². The van der Waals surface area contributed by atoms with Crippen LogP contribution in [-0.4, -0.2) is 66.2 Å². The van der Waals surface area contributed by atoms with Crippen LogP contribution in [0.1, 0.15) is 12.8 Å². The molecule has 1 N–H and O–H groups in total. The van der Waals surface area contributed by atoms with Crippen molar-refractivity contribution in [3.05, 3.63) is 41.2 Å². The fourth-order valence-corrected chi connectivity index (χ4v) is 3.71. The molecule has 0 radical (unpaired) electrons. The number of likely N-dealkylation sites (N-methyl/N-ethyl adjacent to an activating group) is 1. The fourth-order valence-electron chi connectivity index (χ4n) is 3.44. The average molecular weight is 456 g/mol. The molecule has 4 rings (SSSR count). The highest BCUT2D eigenvalue weighted by atomic mass is 35.5. The van der Waals surface area contributed by atoms with E-state index in [1.54, 1.807) is 19.2 Å². The molecule has 1 aromatic heterocycles. The maximum absolute atomic E-state index is 12.4. The molecule has 166 valence electrons. The van der Waals surface area contributed by atoms with Crippen LogP contribution in [-0.2, 0) is 9.59 Å². The number of amides is 2. The number of nitrogens with one attached hydrogen (secondary N) is 1. The first-order valence-electron chi connectivity index (χ1n) is 10.1. The molecule has 0 atom stereocenters. The second-order valence-corrected chi connectivity index (χ2v) is 7.75. The zero-order valence-corrected chi connectivity index (χ0v) is 18.5. The fraction of sp³-hybridized carbons (Fsp3) is 0.318. The largest absolute Gasteiger partial charge is 0.494 e. The van der Waals surface area contributed by atoms with Gasteiger partial charge < -0.3 is 19.7 Å². The van der Waals surface area contributed by atoms with Crippen molar-refractivity contribution in [1.29, 1.82) is 0 Å². The van der Waals surface area contributed by atoms with Gasteiger partial charge in [0.2, 0.25) is 5.91 Å². The molecule has 32 heavy (non-hydrogen) atoms. The number of aliphatic imine (C=N–C) groups is 1. The smallest absolute Gasteiger partial charge is 0.258 e. The Kier molecular flexibility index (Phi) is 6.36. The number of carbonyl (C=O) groups excluding carboxylic acids is 2. The lowest BCUT2D eigenvalue weighted by Crippen LogP contribution is -2.40. The number of fused-ring (bicyclic) bond motifs is 2. The van der Waals surface area contributed by atoms with Crippen molar-refractivity contribution >= 4 is 45.8 Å². The number of aromatic nitrogens is 2. The van der Waals surface area contributed by atoms with Gasteiger partial charge in [0, 0.05) is 19.7 Å². The predicted octanol–water partition coefficient (Wildman–Crippen LogP) is 2.52. The molecule has 2 aliphatic rings. The third-order valence-corrected chi connectivity index (χ3v) is 5.54. The topological polar surface area (TPSA) is 106 Å². The van der Waals surface area contributed by atoms with Crippen LogP contribution in [0.4, 0.5) is 5.82 Å². The minimum absolute atomic E-state index is 0.123. The molecular weight excluding hydrogens is 434 g/mol. The molecule has 0 saturated carbocycles. The van der Waals surface area contributed by atoms with Gasteiger partial charge in [-0.3, -0.25) is 9.59 Å². The van der Waals surface area contributed by atoms with Crippen LogP contribution in [0.25, 0.3) is 10.9 Å². The summed E-state index contributed by atoms with van der Waals surface area (Å²) in [5.74, 6) is 0.608. The summed E-state index contributed by atoms with van der Waals surface area (Å²) in [6.07, 6.45) is 6.76. The van der Waals surface area contributed by atoms with E-state index < -0.39 is 5.91 Å². The lowest BCUT2D eigenvalue weighted by molar-refractivity contribution is -0.132. The minimum atomic E-state index is -0.412. The molecule has 0 unspecified atom stereocenters. The van der Waals surface area contributed by atoms with Crippen LogP contribution in [0, 0.1) is 0 Å². The van der Waals surface area contributed by atoms with E-state index in [4.69, 9.17) is 26.1 Å². The highest BCUT2D eigenvalue weighted by Crippen LogP contribution is 2.35. The first-order chi connectivity index (χ1) is 15.5. The van der Waals surface area contributed by atoms with Crippen molar-refractivity contribution in [3.8, 4) is 11.5 Å². The van der Waals surface area contributed by atoms with Crippen molar-refractivity contribution in [2.24, 2.45) is 4.99 Å². The second-order valence-electron chi connectivity index (χ2n) is 7.34. The first kappa shape index (κ1) is 21.8. The molecule has 10 heteroatoms. The summed E-state index contributed by atoms with van der Waals surface area (Å²) in [5.41, 5.74) is 2.08. The maximum atomic E-state index is 12.4. The normalized spacial score (nSPS) is 21.0. The van der Waals surface area contributed by atoms with Crippen LogP contribution in [0.15, 0.2) is 46.2 Å². The molecule has 2 amide bonds. The van der Waals surface area contributed by atoms with Gasteiger partial charge in [-0.1, -0.05) is 23.8 Å². The van der Waals surface area contributed by atoms with Crippen LogP contribution in [0.5, 0.6) is 11.5 Å². The van der Waals surface area contributed by atoms with Crippen molar-refractivity contribution in [3.63, 3.8) is 0 Å². The van der Waals surface area contributed by atoms with Gasteiger partial charge in [-0.25, -0.2) is 15.0 Å². The Balaban J connectivity index is 1.89. The van der Waals surface area contributed by atoms with E-state index in [2.05, 4.69) is 15.3 Å².